The fraction of sp³-hybridized carbons (Fsp3) is 0.105. The number of carbonyl (C=O) groups excluding carboxylic acids is 1. The van der Waals surface area contributed by atoms with E-state index in [1.807, 2.05) is 37.3 Å². The smallest absolute Gasteiger partial charge is 0.244 e. The van der Waals surface area contributed by atoms with Crippen LogP contribution in [0, 0.1) is 0 Å². The van der Waals surface area contributed by atoms with Crippen LogP contribution in [0.25, 0.3) is 17.0 Å². The second-order valence-corrected chi connectivity index (χ2v) is 7.43. The molecule has 1 atom stereocenters. The van der Waals surface area contributed by atoms with Gasteiger partial charge in [0.15, 0.2) is 0 Å². The predicted molar refractivity (Wildman–Crippen MR) is 99.6 cm³/mol. The zero-order valence-corrected chi connectivity index (χ0v) is 14.9. The van der Waals surface area contributed by atoms with Crippen molar-refractivity contribution in [2.24, 2.45) is 5.14 Å². The van der Waals surface area contributed by atoms with E-state index in [-0.39, 0.29) is 16.8 Å². The molecule has 3 N–H and O–H groups in total. The Hall–Kier alpha value is -2.90. The highest BCUT2D eigenvalue weighted by molar-refractivity contribution is 7.89. The standard InChI is InChI=1S/C19H18N2O4S/c1-13(18-12-15-4-2-3-5-17(15)25-18)21-19(22)11-8-14-6-9-16(10-7-14)26(20,23)24/h2-13H,1H3,(H,21,22)(H2,20,23,24)/b11-8+. The van der Waals surface area contributed by atoms with E-state index in [4.69, 9.17) is 9.56 Å². The van der Waals surface area contributed by atoms with Gasteiger partial charge in [-0.05, 0) is 42.8 Å². The third kappa shape index (κ3) is 4.19. The summed E-state index contributed by atoms with van der Waals surface area (Å²) in [5.74, 6) is 0.388. The van der Waals surface area contributed by atoms with Gasteiger partial charge in [-0.25, -0.2) is 13.6 Å². The van der Waals surface area contributed by atoms with E-state index in [9.17, 15) is 13.2 Å². The van der Waals surface area contributed by atoms with Crippen LogP contribution in [-0.4, -0.2) is 14.3 Å². The molecular formula is C19H18N2O4S. The predicted octanol–water partition coefficient (Wildman–Crippen LogP) is 2.97. The number of furan rings is 1. The first-order valence-corrected chi connectivity index (χ1v) is 9.47. The summed E-state index contributed by atoms with van der Waals surface area (Å²) in [7, 11) is -3.72. The molecule has 3 rings (SSSR count). The number of amides is 1. The van der Waals surface area contributed by atoms with Crippen molar-refractivity contribution in [3.05, 3.63) is 72.0 Å². The van der Waals surface area contributed by atoms with Gasteiger partial charge in [-0.2, -0.15) is 0 Å². The molecule has 0 saturated carbocycles. The third-order valence-electron chi connectivity index (χ3n) is 3.87. The minimum Gasteiger partial charge on any atom is -0.459 e. The number of hydrogen-bond acceptors (Lipinski definition) is 4. The highest BCUT2D eigenvalue weighted by atomic mass is 32.2. The molecule has 7 heteroatoms. The summed E-state index contributed by atoms with van der Waals surface area (Å²) in [6.45, 7) is 1.84. The normalized spacial score (nSPS) is 13.2. The van der Waals surface area contributed by atoms with Crippen LogP contribution in [0.2, 0.25) is 0 Å². The molecule has 26 heavy (non-hydrogen) atoms. The van der Waals surface area contributed by atoms with Gasteiger partial charge in [-0.15, -0.1) is 0 Å². The number of sulfonamides is 1. The SMILES string of the molecule is CC(NC(=O)/C=C/c1ccc(S(N)(=O)=O)cc1)c1cc2ccccc2o1. The van der Waals surface area contributed by atoms with Crippen LogP contribution in [0.15, 0.2) is 70.0 Å². The van der Waals surface area contributed by atoms with Crippen molar-refractivity contribution in [3.63, 3.8) is 0 Å². The summed E-state index contributed by atoms with van der Waals surface area (Å²) < 4.78 is 28.2. The molecule has 0 saturated heterocycles. The molecule has 1 amide bonds. The van der Waals surface area contributed by atoms with E-state index < -0.39 is 10.0 Å². The van der Waals surface area contributed by atoms with Gasteiger partial charge in [-0.1, -0.05) is 30.3 Å². The Morgan fingerprint density at radius 3 is 2.50 bits per heavy atom. The molecule has 0 fully saturated rings. The number of hydrogen-bond donors (Lipinski definition) is 2. The zero-order valence-electron chi connectivity index (χ0n) is 14.0. The fourth-order valence-electron chi connectivity index (χ4n) is 2.49. The summed E-state index contributed by atoms with van der Waals surface area (Å²) in [4.78, 5) is 12.1. The fourth-order valence-corrected chi connectivity index (χ4v) is 3.00. The van der Waals surface area contributed by atoms with E-state index in [1.54, 1.807) is 18.2 Å². The monoisotopic (exact) mass is 370 g/mol. The Kier molecular flexibility index (Phi) is 4.92. The van der Waals surface area contributed by atoms with Gasteiger partial charge in [0.05, 0.1) is 10.9 Å². The molecule has 0 aliphatic heterocycles. The first-order chi connectivity index (χ1) is 12.3. The van der Waals surface area contributed by atoms with Crippen molar-refractivity contribution in [1.82, 2.24) is 5.32 Å². The quantitative estimate of drug-likeness (QED) is 0.674. The van der Waals surface area contributed by atoms with Gasteiger partial charge in [0.2, 0.25) is 15.9 Å². The number of primary sulfonamides is 1. The number of nitrogens with two attached hydrogens (primary N) is 1. The lowest BCUT2D eigenvalue weighted by Gasteiger charge is -2.09. The van der Waals surface area contributed by atoms with E-state index >= 15 is 0 Å². The average Bonchev–Trinajstić information content (AvgIpc) is 3.04. The molecule has 3 aromatic rings. The van der Waals surface area contributed by atoms with E-state index in [0.29, 0.717) is 11.3 Å². The maximum atomic E-state index is 12.1. The van der Waals surface area contributed by atoms with Crippen LogP contribution in [0.3, 0.4) is 0 Å². The van der Waals surface area contributed by atoms with Gasteiger partial charge in [-0.3, -0.25) is 4.79 Å². The topological polar surface area (TPSA) is 102 Å². The maximum absolute atomic E-state index is 12.1. The first kappa shape index (κ1) is 17.9. The number of carbonyl (C=O) groups is 1. The second-order valence-electron chi connectivity index (χ2n) is 5.86. The number of rotatable bonds is 5. The Labute approximate surface area is 151 Å². The summed E-state index contributed by atoms with van der Waals surface area (Å²) >= 11 is 0. The molecule has 0 spiro atoms. The van der Waals surface area contributed by atoms with Crippen LogP contribution in [0.4, 0.5) is 0 Å². The van der Waals surface area contributed by atoms with Gasteiger partial charge >= 0.3 is 0 Å². The molecule has 0 aliphatic rings. The van der Waals surface area contributed by atoms with Crippen LogP contribution in [0.5, 0.6) is 0 Å². The highest BCUT2D eigenvalue weighted by Gasteiger charge is 2.13. The summed E-state index contributed by atoms with van der Waals surface area (Å²) in [6, 6.07) is 15.2. The van der Waals surface area contributed by atoms with Crippen LogP contribution in [-0.2, 0) is 14.8 Å². The highest BCUT2D eigenvalue weighted by Crippen LogP contribution is 2.23. The lowest BCUT2D eigenvalue weighted by molar-refractivity contribution is -0.117. The van der Waals surface area contributed by atoms with Gasteiger partial charge in [0.25, 0.3) is 0 Å². The average molecular weight is 370 g/mol. The molecule has 1 heterocycles. The Bertz CT molecular complexity index is 1030. The Morgan fingerprint density at radius 2 is 1.85 bits per heavy atom. The third-order valence-corrected chi connectivity index (χ3v) is 4.80. The molecular weight excluding hydrogens is 352 g/mol. The van der Waals surface area contributed by atoms with Crippen molar-refractivity contribution in [1.29, 1.82) is 0 Å². The Balaban J connectivity index is 1.65. The molecule has 134 valence electrons. The van der Waals surface area contributed by atoms with Crippen molar-refractivity contribution < 1.29 is 17.6 Å². The first-order valence-electron chi connectivity index (χ1n) is 7.93. The number of para-hydroxylation sites is 1. The van der Waals surface area contributed by atoms with Crippen molar-refractivity contribution >= 4 is 33.0 Å². The number of nitrogens with one attached hydrogen (secondary N) is 1. The zero-order chi connectivity index (χ0) is 18.7. The molecule has 1 unspecified atom stereocenters. The van der Waals surface area contributed by atoms with E-state index in [0.717, 1.165) is 11.0 Å². The summed E-state index contributed by atoms with van der Waals surface area (Å²) in [5.41, 5.74) is 1.46. The molecule has 0 radical (unpaired) electrons. The minimum atomic E-state index is -3.72. The van der Waals surface area contributed by atoms with Crippen molar-refractivity contribution in [2.75, 3.05) is 0 Å². The van der Waals surface area contributed by atoms with Crippen molar-refractivity contribution in [3.8, 4) is 0 Å². The van der Waals surface area contributed by atoms with Gasteiger partial charge in [0.1, 0.15) is 11.3 Å². The molecule has 0 aliphatic carbocycles. The lowest BCUT2D eigenvalue weighted by Crippen LogP contribution is -2.24. The van der Waals surface area contributed by atoms with Crippen LogP contribution in [0.1, 0.15) is 24.3 Å². The molecule has 2 aromatic carbocycles. The maximum Gasteiger partial charge on any atom is 0.244 e. The van der Waals surface area contributed by atoms with Crippen molar-refractivity contribution in [2.45, 2.75) is 17.9 Å². The number of fused-ring (bicyclic) bond motifs is 1. The molecule has 0 bridgehead atoms. The number of benzene rings is 2. The molecule has 6 nitrogen and oxygen atoms in total. The van der Waals surface area contributed by atoms with E-state index in [1.165, 1.54) is 18.2 Å². The summed E-state index contributed by atoms with van der Waals surface area (Å²) in [5, 5.41) is 8.86. The summed E-state index contributed by atoms with van der Waals surface area (Å²) in [6.07, 6.45) is 2.97. The van der Waals surface area contributed by atoms with Crippen LogP contribution < -0.4 is 10.5 Å². The Morgan fingerprint density at radius 1 is 1.15 bits per heavy atom. The minimum absolute atomic E-state index is 0.0256. The van der Waals surface area contributed by atoms with Gasteiger partial charge < -0.3 is 9.73 Å². The van der Waals surface area contributed by atoms with Crippen LogP contribution >= 0.6 is 0 Å². The van der Waals surface area contributed by atoms with Gasteiger partial charge in [0, 0.05) is 11.5 Å². The largest absolute Gasteiger partial charge is 0.459 e. The second kappa shape index (κ2) is 7.15. The van der Waals surface area contributed by atoms with E-state index in [2.05, 4.69) is 5.32 Å². The lowest BCUT2D eigenvalue weighted by atomic mass is 10.2. The molecule has 1 aromatic heterocycles.